The molecule has 0 radical (unpaired) electrons. The van der Waals surface area contributed by atoms with E-state index in [-0.39, 0.29) is 23.2 Å². The molecule has 0 bridgehead atoms. The molecule has 0 spiro atoms. The van der Waals surface area contributed by atoms with Crippen LogP contribution in [0.4, 0.5) is 0 Å². The van der Waals surface area contributed by atoms with E-state index in [1.54, 1.807) is 12.1 Å². The molecule has 0 amide bonds. The lowest BCUT2D eigenvalue weighted by Gasteiger charge is -2.18. The number of rotatable bonds is 5. The van der Waals surface area contributed by atoms with E-state index >= 15 is 0 Å². The van der Waals surface area contributed by atoms with Crippen molar-refractivity contribution in [3.05, 3.63) is 28.8 Å². The first-order valence-corrected chi connectivity index (χ1v) is 8.79. The molecule has 0 aromatic heterocycles. The van der Waals surface area contributed by atoms with Gasteiger partial charge >= 0.3 is 0 Å². The molecule has 2 rings (SSSR count). The largest absolute Gasteiger partial charge is 0.330 e. The summed E-state index contributed by atoms with van der Waals surface area (Å²) in [5, 5.41) is 0.293. The summed E-state index contributed by atoms with van der Waals surface area (Å²) < 4.78 is 26.8. The number of halogens is 2. The minimum atomic E-state index is -3.51. The van der Waals surface area contributed by atoms with Crippen molar-refractivity contribution in [2.75, 3.05) is 19.6 Å². The van der Waals surface area contributed by atoms with Gasteiger partial charge in [0.2, 0.25) is 10.0 Å². The van der Waals surface area contributed by atoms with Gasteiger partial charge in [-0.3, -0.25) is 0 Å². The first-order valence-electron chi connectivity index (χ1n) is 6.97. The third kappa shape index (κ3) is 4.11. The topological polar surface area (TPSA) is 63.4 Å². The number of nitrogens with zero attached hydrogens (tertiary/aromatic N) is 1. The van der Waals surface area contributed by atoms with E-state index in [1.165, 1.54) is 4.31 Å². The van der Waals surface area contributed by atoms with Gasteiger partial charge in [-0.15, -0.1) is 12.4 Å². The molecule has 1 aliphatic heterocycles. The average Bonchev–Trinajstić information content (AvgIpc) is 2.90. The van der Waals surface area contributed by atoms with Gasteiger partial charge < -0.3 is 5.73 Å². The lowest BCUT2D eigenvalue weighted by atomic mass is 10.1. The Bertz CT molecular complexity index is 578. The SMILES string of the molecule is CCCc1ccc(Cl)c(S(=O)(=O)N2CCC(CN)C2)c1.Cl. The second-order valence-electron chi connectivity index (χ2n) is 5.27. The quantitative estimate of drug-likeness (QED) is 0.885. The first kappa shape index (κ1) is 18.7. The van der Waals surface area contributed by atoms with Crippen molar-refractivity contribution in [3.8, 4) is 0 Å². The summed E-state index contributed by atoms with van der Waals surface area (Å²) in [4.78, 5) is 0.225. The third-order valence-corrected chi connectivity index (χ3v) is 6.08. The van der Waals surface area contributed by atoms with Crippen LogP contribution in [-0.2, 0) is 16.4 Å². The zero-order chi connectivity index (χ0) is 14.8. The molecule has 2 N–H and O–H groups in total. The average molecular weight is 353 g/mol. The lowest BCUT2D eigenvalue weighted by molar-refractivity contribution is 0.459. The normalized spacial score (nSPS) is 19.5. The molecular formula is C14H22Cl2N2O2S. The van der Waals surface area contributed by atoms with E-state index in [1.807, 2.05) is 6.07 Å². The zero-order valence-electron chi connectivity index (χ0n) is 12.1. The predicted molar refractivity (Wildman–Crippen MR) is 88.6 cm³/mol. The highest BCUT2D eigenvalue weighted by Gasteiger charge is 2.33. The summed E-state index contributed by atoms with van der Waals surface area (Å²) in [6.45, 7) is 3.61. The van der Waals surface area contributed by atoms with Gasteiger partial charge in [0.25, 0.3) is 0 Å². The van der Waals surface area contributed by atoms with E-state index < -0.39 is 10.0 Å². The molecule has 21 heavy (non-hydrogen) atoms. The van der Waals surface area contributed by atoms with Gasteiger partial charge in [0, 0.05) is 13.1 Å². The third-order valence-electron chi connectivity index (χ3n) is 3.73. The Labute approximate surface area is 138 Å². The van der Waals surface area contributed by atoms with Crippen molar-refractivity contribution in [3.63, 3.8) is 0 Å². The van der Waals surface area contributed by atoms with Crippen molar-refractivity contribution < 1.29 is 8.42 Å². The predicted octanol–water partition coefficient (Wildman–Crippen LogP) is 2.68. The van der Waals surface area contributed by atoms with E-state index in [0.717, 1.165) is 24.8 Å². The van der Waals surface area contributed by atoms with Crippen LogP contribution in [0.25, 0.3) is 0 Å². The van der Waals surface area contributed by atoms with Crippen molar-refractivity contribution in [1.29, 1.82) is 0 Å². The molecule has 7 heteroatoms. The van der Waals surface area contributed by atoms with Gasteiger partial charge in [0.1, 0.15) is 4.90 Å². The fraction of sp³-hybridized carbons (Fsp3) is 0.571. The summed E-state index contributed by atoms with van der Waals surface area (Å²) in [5.41, 5.74) is 6.63. The Morgan fingerprint density at radius 2 is 2.14 bits per heavy atom. The highest BCUT2D eigenvalue weighted by atomic mass is 35.5. The molecular weight excluding hydrogens is 331 g/mol. The van der Waals surface area contributed by atoms with Gasteiger partial charge in [-0.2, -0.15) is 4.31 Å². The molecule has 0 saturated carbocycles. The zero-order valence-corrected chi connectivity index (χ0v) is 14.5. The fourth-order valence-electron chi connectivity index (χ4n) is 2.54. The molecule has 1 atom stereocenters. The van der Waals surface area contributed by atoms with Crippen molar-refractivity contribution in [1.82, 2.24) is 4.31 Å². The Morgan fingerprint density at radius 1 is 1.43 bits per heavy atom. The van der Waals surface area contributed by atoms with Crippen molar-refractivity contribution in [2.45, 2.75) is 31.1 Å². The van der Waals surface area contributed by atoms with Gasteiger partial charge in [-0.05, 0) is 43.0 Å². The van der Waals surface area contributed by atoms with E-state index in [9.17, 15) is 8.42 Å². The molecule has 1 aromatic carbocycles. The van der Waals surface area contributed by atoms with Gasteiger partial charge in [-0.1, -0.05) is 31.0 Å². The van der Waals surface area contributed by atoms with Gasteiger partial charge in [0.05, 0.1) is 5.02 Å². The molecule has 1 unspecified atom stereocenters. The van der Waals surface area contributed by atoms with Crippen LogP contribution in [-0.4, -0.2) is 32.4 Å². The number of hydrogen-bond acceptors (Lipinski definition) is 3. The molecule has 0 aliphatic carbocycles. The second-order valence-corrected chi connectivity index (χ2v) is 7.58. The second kappa shape index (κ2) is 7.79. The maximum Gasteiger partial charge on any atom is 0.244 e. The van der Waals surface area contributed by atoms with E-state index in [4.69, 9.17) is 17.3 Å². The van der Waals surface area contributed by atoms with Gasteiger partial charge in [-0.25, -0.2) is 8.42 Å². The minimum absolute atomic E-state index is 0. The number of aryl methyl sites for hydroxylation is 1. The number of benzene rings is 1. The van der Waals surface area contributed by atoms with Crippen LogP contribution < -0.4 is 5.73 Å². The number of sulfonamides is 1. The smallest absolute Gasteiger partial charge is 0.244 e. The lowest BCUT2D eigenvalue weighted by Crippen LogP contribution is -2.30. The van der Waals surface area contributed by atoms with E-state index in [2.05, 4.69) is 6.92 Å². The van der Waals surface area contributed by atoms with Crippen LogP contribution in [0.3, 0.4) is 0 Å². The van der Waals surface area contributed by atoms with Crippen LogP contribution in [0.2, 0.25) is 5.02 Å². The standard InChI is InChI=1S/C14H21ClN2O2S.ClH/c1-2-3-11-4-5-13(15)14(8-11)20(18,19)17-7-6-12(9-16)10-17;/h4-5,8,12H,2-3,6-7,9-10,16H2,1H3;1H. The monoisotopic (exact) mass is 352 g/mol. The van der Waals surface area contributed by atoms with Gasteiger partial charge in [0.15, 0.2) is 0 Å². The molecule has 1 fully saturated rings. The molecule has 1 aliphatic rings. The maximum absolute atomic E-state index is 12.7. The Balaban J connectivity index is 0.00000220. The highest BCUT2D eigenvalue weighted by molar-refractivity contribution is 7.89. The molecule has 120 valence electrons. The summed E-state index contributed by atoms with van der Waals surface area (Å²) in [6, 6.07) is 5.27. The highest BCUT2D eigenvalue weighted by Crippen LogP contribution is 2.29. The van der Waals surface area contributed by atoms with Crippen LogP contribution >= 0.6 is 24.0 Å². The van der Waals surface area contributed by atoms with Crippen LogP contribution in [0.1, 0.15) is 25.3 Å². The number of hydrogen-bond donors (Lipinski definition) is 1. The molecule has 1 heterocycles. The van der Waals surface area contributed by atoms with E-state index in [0.29, 0.717) is 24.7 Å². The van der Waals surface area contributed by atoms with Crippen LogP contribution in [0, 0.1) is 5.92 Å². The number of nitrogens with two attached hydrogens (primary N) is 1. The van der Waals surface area contributed by atoms with Crippen LogP contribution in [0.5, 0.6) is 0 Å². The van der Waals surface area contributed by atoms with Crippen molar-refractivity contribution in [2.24, 2.45) is 11.7 Å². The first-order chi connectivity index (χ1) is 9.48. The Kier molecular flexibility index (Phi) is 6.94. The minimum Gasteiger partial charge on any atom is -0.330 e. The molecule has 1 aromatic rings. The summed E-state index contributed by atoms with van der Waals surface area (Å²) in [6.07, 6.45) is 2.65. The Morgan fingerprint density at radius 3 is 2.71 bits per heavy atom. The summed E-state index contributed by atoms with van der Waals surface area (Å²) >= 11 is 6.10. The van der Waals surface area contributed by atoms with Crippen molar-refractivity contribution >= 4 is 34.0 Å². The molecule has 1 saturated heterocycles. The maximum atomic E-state index is 12.7. The Hall–Kier alpha value is -0.330. The summed E-state index contributed by atoms with van der Waals surface area (Å²) in [7, 11) is -3.51. The summed E-state index contributed by atoms with van der Waals surface area (Å²) in [5.74, 6) is 0.252. The fourth-order valence-corrected chi connectivity index (χ4v) is 4.59. The molecule has 4 nitrogen and oxygen atoms in total. The van der Waals surface area contributed by atoms with Crippen LogP contribution in [0.15, 0.2) is 23.1 Å².